The van der Waals surface area contributed by atoms with Gasteiger partial charge in [-0.2, -0.15) is 0 Å². The molecule has 2 rings (SSSR count). The Morgan fingerprint density at radius 1 is 1.53 bits per heavy atom. The third-order valence-electron chi connectivity index (χ3n) is 2.72. The van der Waals surface area contributed by atoms with E-state index in [1.54, 1.807) is 0 Å². The van der Waals surface area contributed by atoms with E-state index in [9.17, 15) is 8.42 Å². The van der Waals surface area contributed by atoms with Gasteiger partial charge in [-0.1, -0.05) is 0 Å². The van der Waals surface area contributed by atoms with Crippen LogP contribution in [0, 0.1) is 0 Å². The molecule has 6 heteroatoms. The molecule has 84 valence electrons. The van der Waals surface area contributed by atoms with Gasteiger partial charge in [0.15, 0.2) is 0 Å². The molecule has 0 atom stereocenters. The normalized spacial score (nSPS) is 19.8. The summed E-state index contributed by atoms with van der Waals surface area (Å²) >= 11 is 0. The Hall–Kier alpha value is -0.850. The Kier molecular flexibility index (Phi) is 2.57. The average Bonchev–Trinajstić information content (AvgIpc) is 2.65. The molecule has 1 aromatic rings. The minimum absolute atomic E-state index is 0.0644. The largest absolute Gasteiger partial charge is 0.452 e. The number of hydrogen-bond donors (Lipinski definition) is 2. The monoisotopic (exact) mass is 230 g/mol. The lowest BCUT2D eigenvalue weighted by atomic mass is 9.78. The van der Waals surface area contributed by atoms with Crippen molar-refractivity contribution in [1.82, 2.24) is 4.72 Å². The lowest BCUT2D eigenvalue weighted by Crippen LogP contribution is -2.54. The second kappa shape index (κ2) is 3.62. The maximum atomic E-state index is 11.6. The van der Waals surface area contributed by atoms with Gasteiger partial charge >= 0.3 is 0 Å². The molecule has 0 aromatic carbocycles. The number of nitrogens with two attached hydrogens (primary N) is 1. The Morgan fingerprint density at radius 3 is 2.73 bits per heavy atom. The maximum absolute atomic E-state index is 11.6. The van der Waals surface area contributed by atoms with Crippen molar-refractivity contribution in [3.63, 3.8) is 0 Å². The van der Waals surface area contributed by atoms with Crippen molar-refractivity contribution >= 4 is 10.0 Å². The van der Waals surface area contributed by atoms with Crippen LogP contribution < -0.4 is 10.5 Å². The highest BCUT2D eigenvalue weighted by Gasteiger charge is 2.34. The average molecular weight is 230 g/mol. The molecule has 15 heavy (non-hydrogen) atoms. The van der Waals surface area contributed by atoms with E-state index in [-0.39, 0.29) is 17.2 Å². The van der Waals surface area contributed by atoms with Gasteiger partial charge in [-0.25, -0.2) is 13.1 Å². The molecular formula is C9H14N2O3S. The Morgan fingerprint density at radius 2 is 2.27 bits per heavy atom. The summed E-state index contributed by atoms with van der Waals surface area (Å²) in [6.45, 7) is 0.274. The van der Waals surface area contributed by atoms with Crippen LogP contribution in [0.3, 0.4) is 0 Å². The van der Waals surface area contributed by atoms with Gasteiger partial charge in [-0.05, 0) is 31.4 Å². The summed E-state index contributed by atoms with van der Waals surface area (Å²) in [4.78, 5) is 0. The molecule has 0 spiro atoms. The van der Waals surface area contributed by atoms with Crippen LogP contribution in [0.15, 0.2) is 27.9 Å². The quantitative estimate of drug-likeness (QED) is 0.786. The molecule has 0 radical (unpaired) electrons. The Bertz CT molecular complexity index is 420. The highest BCUT2D eigenvalue weighted by Crippen LogP contribution is 2.28. The summed E-state index contributed by atoms with van der Waals surface area (Å²) in [5.41, 5.74) is 5.54. The SMILES string of the molecule is NC1(CNS(=O)(=O)c2ccco2)CCC1. The molecule has 0 unspecified atom stereocenters. The van der Waals surface area contributed by atoms with Crippen LogP contribution in [0.4, 0.5) is 0 Å². The second-order valence-electron chi connectivity index (χ2n) is 3.97. The second-order valence-corrected chi connectivity index (χ2v) is 5.67. The zero-order valence-electron chi connectivity index (χ0n) is 8.27. The minimum atomic E-state index is -3.52. The summed E-state index contributed by atoms with van der Waals surface area (Å²) in [6.07, 6.45) is 4.14. The van der Waals surface area contributed by atoms with Gasteiger partial charge in [-0.3, -0.25) is 0 Å². The standard InChI is InChI=1S/C9H14N2O3S/c10-9(4-2-5-9)7-11-15(12,13)8-3-1-6-14-8/h1,3,6,11H,2,4-5,7,10H2. The highest BCUT2D eigenvalue weighted by atomic mass is 32.2. The van der Waals surface area contributed by atoms with Gasteiger partial charge in [0.2, 0.25) is 5.09 Å². The zero-order chi connectivity index (χ0) is 10.9. The maximum Gasteiger partial charge on any atom is 0.274 e. The molecule has 1 fully saturated rings. The first kappa shape index (κ1) is 10.7. The number of nitrogens with one attached hydrogen (secondary N) is 1. The summed E-state index contributed by atoms with van der Waals surface area (Å²) in [5, 5.41) is -0.0644. The summed E-state index contributed by atoms with van der Waals surface area (Å²) in [7, 11) is -3.52. The molecule has 1 heterocycles. The van der Waals surface area contributed by atoms with Crippen LogP contribution in [0.5, 0.6) is 0 Å². The minimum Gasteiger partial charge on any atom is -0.452 e. The molecule has 0 saturated heterocycles. The van der Waals surface area contributed by atoms with Crippen LogP contribution in [0.1, 0.15) is 19.3 Å². The van der Waals surface area contributed by atoms with Crippen LogP contribution in [0.25, 0.3) is 0 Å². The van der Waals surface area contributed by atoms with Gasteiger partial charge in [0.1, 0.15) is 0 Å². The van der Waals surface area contributed by atoms with Gasteiger partial charge in [0, 0.05) is 12.1 Å². The van der Waals surface area contributed by atoms with Crippen molar-refractivity contribution < 1.29 is 12.8 Å². The van der Waals surface area contributed by atoms with Crippen molar-refractivity contribution in [1.29, 1.82) is 0 Å². The van der Waals surface area contributed by atoms with Crippen LogP contribution in [0.2, 0.25) is 0 Å². The summed E-state index contributed by atoms with van der Waals surface area (Å²) < 4.78 is 30.5. The number of furan rings is 1. The van der Waals surface area contributed by atoms with E-state index in [2.05, 4.69) is 4.72 Å². The lowest BCUT2D eigenvalue weighted by Gasteiger charge is -2.37. The fourth-order valence-electron chi connectivity index (χ4n) is 1.53. The van der Waals surface area contributed by atoms with Crippen molar-refractivity contribution in [3.8, 4) is 0 Å². The van der Waals surface area contributed by atoms with Gasteiger partial charge in [-0.15, -0.1) is 0 Å². The van der Waals surface area contributed by atoms with Crippen molar-refractivity contribution in [2.24, 2.45) is 5.73 Å². The van der Waals surface area contributed by atoms with Crippen molar-refractivity contribution in [3.05, 3.63) is 18.4 Å². The van der Waals surface area contributed by atoms with Crippen LogP contribution in [-0.4, -0.2) is 20.5 Å². The predicted octanol–water partition coefficient (Wildman–Crippen LogP) is 0.439. The molecule has 1 saturated carbocycles. The first-order valence-corrected chi connectivity index (χ1v) is 6.32. The van der Waals surface area contributed by atoms with Crippen molar-refractivity contribution in [2.45, 2.75) is 29.9 Å². The van der Waals surface area contributed by atoms with Crippen molar-refractivity contribution in [2.75, 3.05) is 6.54 Å². The molecule has 0 amide bonds. The molecule has 5 nitrogen and oxygen atoms in total. The van der Waals surface area contributed by atoms with E-state index in [0.29, 0.717) is 0 Å². The zero-order valence-corrected chi connectivity index (χ0v) is 9.09. The van der Waals surface area contributed by atoms with E-state index in [4.69, 9.17) is 10.2 Å². The smallest absolute Gasteiger partial charge is 0.274 e. The van der Waals surface area contributed by atoms with Gasteiger partial charge in [0.05, 0.1) is 6.26 Å². The van der Waals surface area contributed by atoms with E-state index < -0.39 is 10.0 Å². The lowest BCUT2D eigenvalue weighted by molar-refractivity contribution is 0.250. The Labute approximate surface area is 88.7 Å². The third-order valence-corrected chi connectivity index (χ3v) is 4.01. The molecule has 0 aliphatic heterocycles. The van der Waals surface area contributed by atoms with Gasteiger partial charge in [0.25, 0.3) is 10.0 Å². The Balaban J connectivity index is 2.00. The van der Waals surface area contributed by atoms with E-state index in [1.807, 2.05) is 0 Å². The number of rotatable bonds is 4. The highest BCUT2D eigenvalue weighted by molar-refractivity contribution is 7.89. The fraction of sp³-hybridized carbons (Fsp3) is 0.556. The third kappa shape index (κ3) is 2.22. The number of sulfonamides is 1. The molecular weight excluding hydrogens is 216 g/mol. The number of hydrogen-bond acceptors (Lipinski definition) is 4. The van der Waals surface area contributed by atoms with Crippen LogP contribution in [-0.2, 0) is 10.0 Å². The van der Waals surface area contributed by atoms with E-state index in [1.165, 1.54) is 18.4 Å². The van der Waals surface area contributed by atoms with Gasteiger partial charge < -0.3 is 10.2 Å². The first-order valence-electron chi connectivity index (χ1n) is 4.84. The van der Waals surface area contributed by atoms with Crippen LogP contribution >= 0.6 is 0 Å². The predicted molar refractivity (Wildman–Crippen MR) is 54.7 cm³/mol. The van der Waals surface area contributed by atoms with E-state index >= 15 is 0 Å². The molecule has 1 aliphatic rings. The summed E-state index contributed by atoms with van der Waals surface area (Å²) in [6, 6.07) is 2.95. The molecule has 0 bridgehead atoms. The topological polar surface area (TPSA) is 85.3 Å². The first-order chi connectivity index (χ1) is 7.02. The molecule has 3 N–H and O–H groups in total. The fourth-order valence-corrected chi connectivity index (χ4v) is 2.59. The molecule has 1 aromatic heterocycles. The molecule has 1 aliphatic carbocycles. The summed E-state index contributed by atoms with van der Waals surface area (Å²) in [5.74, 6) is 0. The van der Waals surface area contributed by atoms with E-state index in [0.717, 1.165) is 19.3 Å².